The van der Waals surface area contributed by atoms with Crippen LogP contribution in [0.4, 0.5) is 11.4 Å². The van der Waals surface area contributed by atoms with Crippen LogP contribution in [0.1, 0.15) is 5.56 Å². The second-order valence-electron chi connectivity index (χ2n) is 5.52. The molecule has 0 saturated heterocycles. The maximum Gasteiger partial charge on any atom is 0.0730 e. The minimum atomic E-state index is 1.01. The van der Waals surface area contributed by atoms with Crippen LogP contribution in [-0.2, 0) is 0 Å². The third-order valence-electron chi connectivity index (χ3n) is 3.88. The van der Waals surface area contributed by atoms with E-state index in [2.05, 4.69) is 60.8 Å². The largest absolute Gasteiger partial charge is 0.354 e. The molecule has 3 aromatic carbocycles. The minimum Gasteiger partial charge on any atom is -0.354 e. The lowest BCUT2D eigenvalue weighted by atomic mass is 10.1. The molecule has 1 aromatic heterocycles. The number of pyridine rings is 1. The van der Waals surface area contributed by atoms with Crippen LogP contribution in [0.2, 0.25) is 0 Å². The van der Waals surface area contributed by atoms with Crippen LogP contribution < -0.4 is 5.32 Å². The fraction of sp³-hybridized carbons (Fsp3) is 0.0500. The van der Waals surface area contributed by atoms with E-state index in [-0.39, 0.29) is 0 Å². The van der Waals surface area contributed by atoms with Crippen molar-refractivity contribution in [2.24, 2.45) is 0 Å². The molecular weight excluding hydrogens is 268 g/mol. The smallest absolute Gasteiger partial charge is 0.0730 e. The second kappa shape index (κ2) is 5.15. The molecule has 0 bridgehead atoms. The van der Waals surface area contributed by atoms with Crippen molar-refractivity contribution >= 4 is 33.2 Å². The van der Waals surface area contributed by atoms with Gasteiger partial charge in [-0.3, -0.25) is 0 Å². The number of hydrogen-bond acceptors (Lipinski definition) is 2. The number of nitrogens with one attached hydrogen (secondary N) is 1. The molecule has 0 aliphatic carbocycles. The van der Waals surface area contributed by atoms with Crippen molar-refractivity contribution in [3.8, 4) is 0 Å². The van der Waals surface area contributed by atoms with E-state index in [4.69, 9.17) is 4.98 Å². The number of fused-ring (bicyclic) bond motifs is 2. The summed E-state index contributed by atoms with van der Waals surface area (Å²) in [5, 5.41) is 5.88. The van der Waals surface area contributed by atoms with Gasteiger partial charge in [0.2, 0.25) is 0 Å². The highest BCUT2D eigenvalue weighted by Gasteiger charge is 2.09. The molecule has 4 rings (SSSR count). The van der Waals surface area contributed by atoms with Gasteiger partial charge >= 0.3 is 0 Å². The summed E-state index contributed by atoms with van der Waals surface area (Å²) < 4.78 is 0. The van der Waals surface area contributed by atoms with E-state index in [1.807, 2.05) is 24.3 Å². The van der Waals surface area contributed by atoms with Crippen molar-refractivity contribution in [3.63, 3.8) is 0 Å². The van der Waals surface area contributed by atoms with Crippen molar-refractivity contribution in [1.82, 2.24) is 4.98 Å². The summed E-state index contributed by atoms with van der Waals surface area (Å²) in [4.78, 5) is 4.78. The number of para-hydroxylation sites is 2. The summed E-state index contributed by atoms with van der Waals surface area (Å²) in [6.07, 6.45) is 0. The molecule has 2 heteroatoms. The molecule has 1 N–H and O–H groups in total. The van der Waals surface area contributed by atoms with Gasteiger partial charge in [0.15, 0.2) is 0 Å². The van der Waals surface area contributed by atoms with Gasteiger partial charge in [-0.2, -0.15) is 0 Å². The Bertz CT molecular complexity index is 959. The fourth-order valence-corrected chi connectivity index (χ4v) is 2.81. The van der Waals surface area contributed by atoms with Crippen LogP contribution in [0.25, 0.3) is 21.8 Å². The molecule has 0 atom stereocenters. The summed E-state index contributed by atoms with van der Waals surface area (Å²) in [7, 11) is 0. The van der Waals surface area contributed by atoms with Gasteiger partial charge in [0, 0.05) is 16.5 Å². The van der Waals surface area contributed by atoms with E-state index in [1.165, 1.54) is 5.56 Å². The maximum absolute atomic E-state index is 4.78. The summed E-state index contributed by atoms with van der Waals surface area (Å²) in [6, 6.07) is 24.9. The van der Waals surface area contributed by atoms with Gasteiger partial charge in [-0.1, -0.05) is 48.0 Å². The normalized spacial score (nSPS) is 11.0. The van der Waals surface area contributed by atoms with Crippen LogP contribution in [-0.4, -0.2) is 4.98 Å². The lowest BCUT2D eigenvalue weighted by Gasteiger charge is -2.13. The second-order valence-corrected chi connectivity index (χ2v) is 5.52. The Morgan fingerprint density at radius 2 is 1.45 bits per heavy atom. The number of anilines is 2. The van der Waals surface area contributed by atoms with Crippen molar-refractivity contribution in [2.75, 3.05) is 5.32 Å². The Balaban J connectivity index is 2.04. The fourth-order valence-electron chi connectivity index (χ4n) is 2.81. The molecule has 1 heterocycles. The summed E-state index contributed by atoms with van der Waals surface area (Å²) in [6.45, 7) is 2.11. The number of hydrogen-bond donors (Lipinski definition) is 1. The van der Waals surface area contributed by atoms with E-state index >= 15 is 0 Å². The number of benzene rings is 3. The number of aryl methyl sites for hydroxylation is 1. The van der Waals surface area contributed by atoms with Gasteiger partial charge in [0.25, 0.3) is 0 Å². The Morgan fingerprint density at radius 1 is 0.727 bits per heavy atom. The first-order valence-electron chi connectivity index (χ1n) is 7.42. The van der Waals surface area contributed by atoms with Gasteiger partial charge in [-0.15, -0.1) is 0 Å². The SMILES string of the molecule is Cc1ccc2nc3ccccc3c(Nc3ccccc3)c2c1. The van der Waals surface area contributed by atoms with Crippen LogP contribution in [0.5, 0.6) is 0 Å². The first kappa shape index (κ1) is 12.8. The lowest BCUT2D eigenvalue weighted by molar-refractivity contribution is 1.44. The molecule has 0 amide bonds. The Morgan fingerprint density at radius 3 is 2.32 bits per heavy atom. The number of aromatic nitrogens is 1. The molecule has 0 fully saturated rings. The molecule has 4 aromatic rings. The van der Waals surface area contributed by atoms with E-state index < -0.39 is 0 Å². The van der Waals surface area contributed by atoms with Gasteiger partial charge in [0.1, 0.15) is 0 Å². The number of nitrogens with zero attached hydrogens (tertiary/aromatic N) is 1. The molecule has 0 aliphatic heterocycles. The molecule has 0 saturated carbocycles. The molecule has 0 radical (unpaired) electrons. The minimum absolute atomic E-state index is 1.01. The van der Waals surface area contributed by atoms with E-state index in [0.717, 1.165) is 33.2 Å². The summed E-state index contributed by atoms with van der Waals surface area (Å²) in [5.41, 5.74) is 5.47. The standard InChI is InChI=1S/C20H16N2/c1-14-11-12-19-17(13-14)20(21-15-7-3-2-4-8-15)16-9-5-6-10-18(16)22-19/h2-13H,1H3,(H,21,22). The van der Waals surface area contributed by atoms with Crippen LogP contribution in [0.15, 0.2) is 72.8 Å². The highest BCUT2D eigenvalue weighted by molar-refractivity contribution is 6.08. The molecule has 0 unspecified atom stereocenters. The van der Waals surface area contributed by atoms with Gasteiger partial charge in [0.05, 0.1) is 16.7 Å². The zero-order valence-corrected chi connectivity index (χ0v) is 12.4. The van der Waals surface area contributed by atoms with Gasteiger partial charge in [-0.05, 0) is 37.3 Å². The third kappa shape index (κ3) is 2.19. The average Bonchev–Trinajstić information content (AvgIpc) is 2.56. The quantitative estimate of drug-likeness (QED) is 0.496. The Hall–Kier alpha value is -2.87. The van der Waals surface area contributed by atoms with Crippen LogP contribution in [0, 0.1) is 6.92 Å². The molecule has 22 heavy (non-hydrogen) atoms. The van der Waals surface area contributed by atoms with Crippen molar-refractivity contribution in [2.45, 2.75) is 6.92 Å². The van der Waals surface area contributed by atoms with E-state index in [9.17, 15) is 0 Å². The predicted molar refractivity (Wildman–Crippen MR) is 93.7 cm³/mol. The molecule has 0 aliphatic rings. The molecule has 2 nitrogen and oxygen atoms in total. The van der Waals surface area contributed by atoms with Crippen molar-refractivity contribution in [1.29, 1.82) is 0 Å². The summed E-state index contributed by atoms with van der Waals surface area (Å²) >= 11 is 0. The Labute approximate surface area is 129 Å². The van der Waals surface area contributed by atoms with E-state index in [1.54, 1.807) is 0 Å². The first-order valence-corrected chi connectivity index (χ1v) is 7.42. The highest BCUT2D eigenvalue weighted by atomic mass is 14.9. The van der Waals surface area contributed by atoms with E-state index in [0.29, 0.717) is 0 Å². The predicted octanol–water partition coefficient (Wildman–Crippen LogP) is 5.44. The maximum atomic E-state index is 4.78. The summed E-state index contributed by atoms with van der Waals surface area (Å²) in [5.74, 6) is 0. The van der Waals surface area contributed by atoms with Crippen molar-refractivity contribution in [3.05, 3.63) is 78.4 Å². The highest BCUT2D eigenvalue weighted by Crippen LogP contribution is 2.33. The van der Waals surface area contributed by atoms with Crippen LogP contribution >= 0.6 is 0 Å². The zero-order chi connectivity index (χ0) is 14.9. The third-order valence-corrected chi connectivity index (χ3v) is 3.88. The van der Waals surface area contributed by atoms with Crippen molar-refractivity contribution < 1.29 is 0 Å². The zero-order valence-electron chi connectivity index (χ0n) is 12.4. The monoisotopic (exact) mass is 284 g/mol. The first-order chi connectivity index (χ1) is 10.8. The lowest BCUT2D eigenvalue weighted by Crippen LogP contribution is -1.95. The molecule has 0 spiro atoms. The molecule has 106 valence electrons. The number of rotatable bonds is 2. The van der Waals surface area contributed by atoms with Gasteiger partial charge < -0.3 is 5.32 Å². The molecular formula is C20H16N2. The van der Waals surface area contributed by atoms with Crippen LogP contribution in [0.3, 0.4) is 0 Å². The Kier molecular flexibility index (Phi) is 3.01. The average molecular weight is 284 g/mol. The topological polar surface area (TPSA) is 24.9 Å². The van der Waals surface area contributed by atoms with Gasteiger partial charge in [-0.25, -0.2) is 4.98 Å².